The molecule has 1 saturated heterocycles. The van der Waals surface area contributed by atoms with Crippen molar-refractivity contribution >= 4 is 39.9 Å². The predicted molar refractivity (Wildman–Crippen MR) is 230 cm³/mol. The monoisotopic (exact) mass is 855 g/mol. The van der Waals surface area contributed by atoms with E-state index in [1.807, 2.05) is 83.1 Å². The van der Waals surface area contributed by atoms with Gasteiger partial charge in [0.15, 0.2) is 0 Å². The van der Waals surface area contributed by atoms with Gasteiger partial charge in [-0.2, -0.15) is 15.0 Å². The zero-order chi connectivity index (χ0) is 43.9. The number of ether oxygens (including phenoxy) is 2. The molecule has 6 bridgehead atoms. The number of cyclic esters (lactones) is 1. The molecule has 4 amide bonds. The SMILES string of the molecule is C=C[C@@H]1C[C@]1(NC(=O)[C@@H]1C[C@@H]2CN1C(=O)[C@H](C(C)(C)C)NC(=O)OC(C)(C)CCCC/C=C/c1cccc(c1)-c1nn2nc1-c1ccc(OC)cc1)C(=O)NS(=O)(=O)C1CC1. The number of carbonyl (C=O) groups is 4. The summed E-state index contributed by atoms with van der Waals surface area (Å²) in [6.45, 7) is 12.9. The molecule has 2 aliphatic heterocycles. The minimum absolute atomic E-state index is 0.0230. The molecule has 61 heavy (non-hydrogen) atoms. The summed E-state index contributed by atoms with van der Waals surface area (Å²) in [7, 11) is -2.33. The molecule has 3 fully saturated rings. The van der Waals surface area contributed by atoms with E-state index < -0.39 is 79.7 Å². The van der Waals surface area contributed by atoms with Crippen LogP contribution in [-0.4, -0.2) is 94.3 Å². The number of hydrogen-bond acceptors (Lipinski definition) is 10. The average molecular weight is 856 g/mol. The molecule has 0 unspecified atom stereocenters. The number of amides is 4. The van der Waals surface area contributed by atoms with Gasteiger partial charge in [0.1, 0.15) is 40.4 Å². The Bertz CT molecular complexity index is 2330. The molecule has 15 nitrogen and oxygen atoms in total. The van der Waals surface area contributed by atoms with Crippen molar-refractivity contribution < 1.29 is 37.1 Å². The van der Waals surface area contributed by atoms with Crippen LogP contribution in [0.15, 0.2) is 67.3 Å². The van der Waals surface area contributed by atoms with Crippen molar-refractivity contribution in [1.82, 2.24) is 35.2 Å². The van der Waals surface area contributed by atoms with E-state index in [0.29, 0.717) is 36.4 Å². The Morgan fingerprint density at radius 3 is 2.38 bits per heavy atom. The van der Waals surface area contributed by atoms with Gasteiger partial charge in [0.25, 0.3) is 5.91 Å². The van der Waals surface area contributed by atoms with Gasteiger partial charge < -0.3 is 25.0 Å². The first kappa shape index (κ1) is 43.6. The summed E-state index contributed by atoms with van der Waals surface area (Å²) in [4.78, 5) is 59.9. The fourth-order valence-electron chi connectivity index (χ4n) is 8.20. The van der Waals surface area contributed by atoms with Gasteiger partial charge in [-0.3, -0.25) is 19.1 Å². The Morgan fingerprint density at radius 2 is 1.74 bits per heavy atom. The van der Waals surface area contributed by atoms with Crippen LogP contribution < -0.4 is 20.1 Å². The van der Waals surface area contributed by atoms with E-state index in [4.69, 9.17) is 19.7 Å². The third kappa shape index (κ3) is 9.53. The van der Waals surface area contributed by atoms with Crippen LogP contribution in [-0.2, 0) is 29.1 Å². The molecule has 3 N–H and O–H groups in total. The van der Waals surface area contributed by atoms with Crippen molar-refractivity contribution in [2.24, 2.45) is 11.3 Å². The molecule has 7 rings (SSSR count). The molecule has 2 aliphatic carbocycles. The van der Waals surface area contributed by atoms with E-state index in [9.17, 15) is 27.6 Å². The summed E-state index contributed by atoms with van der Waals surface area (Å²) < 4.78 is 39.3. The first-order valence-corrected chi connectivity index (χ1v) is 22.6. The molecule has 3 heterocycles. The molecule has 5 atom stereocenters. The number of methoxy groups -OCH3 is 1. The number of alkyl carbamates (subject to hydrolysis) is 1. The zero-order valence-corrected chi connectivity index (χ0v) is 36.6. The van der Waals surface area contributed by atoms with Crippen LogP contribution in [0.3, 0.4) is 0 Å². The topological polar surface area (TPSA) is 191 Å². The highest BCUT2D eigenvalue weighted by Crippen LogP contribution is 2.46. The predicted octanol–water partition coefficient (Wildman–Crippen LogP) is 5.94. The van der Waals surface area contributed by atoms with E-state index in [1.165, 1.54) is 15.8 Å². The van der Waals surface area contributed by atoms with Crippen molar-refractivity contribution in [3.05, 3.63) is 72.8 Å². The lowest BCUT2D eigenvalue weighted by Crippen LogP contribution is -2.60. The summed E-state index contributed by atoms with van der Waals surface area (Å²) in [5.74, 6) is -1.91. The second kappa shape index (κ2) is 16.7. The lowest BCUT2D eigenvalue weighted by molar-refractivity contribution is -0.143. The number of sulfonamides is 1. The molecule has 0 radical (unpaired) electrons. The Kier molecular flexibility index (Phi) is 12.0. The van der Waals surface area contributed by atoms with Gasteiger partial charge in [-0.15, -0.1) is 6.58 Å². The van der Waals surface area contributed by atoms with Crippen molar-refractivity contribution in [3.8, 4) is 28.3 Å². The molecular formula is C45H57N7O8S. The van der Waals surface area contributed by atoms with Crippen LogP contribution in [0.4, 0.5) is 4.79 Å². The van der Waals surface area contributed by atoms with Crippen LogP contribution in [0.5, 0.6) is 5.75 Å². The largest absolute Gasteiger partial charge is 0.497 e. The highest BCUT2D eigenvalue weighted by molar-refractivity contribution is 7.91. The van der Waals surface area contributed by atoms with Crippen molar-refractivity contribution in [2.45, 2.75) is 121 Å². The maximum absolute atomic E-state index is 15.0. The van der Waals surface area contributed by atoms with Crippen LogP contribution in [0.2, 0.25) is 0 Å². The number of nitrogens with zero attached hydrogens (tertiary/aromatic N) is 4. The van der Waals surface area contributed by atoms with Gasteiger partial charge in [-0.1, -0.05) is 57.2 Å². The van der Waals surface area contributed by atoms with E-state index in [-0.39, 0.29) is 19.4 Å². The number of benzene rings is 2. The third-order valence-corrected chi connectivity index (χ3v) is 13.9. The number of nitrogens with one attached hydrogen (secondary N) is 3. The first-order chi connectivity index (χ1) is 28.8. The Hall–Kier alpha value is -5.51. The molecular weight excluding hydrogens is 799 g/mol. The molecule has 4 aliphatic rings. The molecule has 1 aromatic heterocycles. The van der Waals surface area contributed by atoms with E-state index in [2.05, 4.69) is 34.1 Å². The standard InChI is InChI=1S/C45H57N7O8S/c1-8-31-26-45(31,41(55)50-61(57,58)34-21-22-34)47-39(53)35-25-32-27-51(35)40(54)38(43(2,3)4)46-42(56)60-44(5,6)23-12-10-9-11-14-28-15-13-16-30(24-28)37-36(48-52(32)49-37)29-17-19-33(59-7)20-18-29/h8,11,13-20,24,31-32,34-35,38H,1,9-10,12,21-23,25-27H2,2-7H3,(H,46,56)(H,47,53)(H,50,55)/b14-11+/t31-,32-,35+,38-,45-/m1/s1. The summed E-state index contributed by atoms with van der Waals surface area (Å²) in [5, 5.41) is 15.1. The number of carbonyl (C=O) groups excluding carboxylic acids is 4. The summed E-state index contributed by atoms with van der Waals surface area (Å²) >= 11 is 0. The van der Waals surface area contributed by atoms with E-state index >= 15 is 0 Å². The maximum Gasteiger partial charge on any atom is 0.408 e. The summed E-state index contributed by atoms with van der Waals surface area (Å²) in [6, 6.07) is 12.5. The van der Waals surface area contributed by atoms with Crippen molar-refractivity contribution in [1.29, 1.82) is 0 Å². The number of fused-ring (bicyclic) bond motifs is 8. The van der Waals surface area contributed by atoms with Crippen LogP contribution in [0.1, 0.15) is 97.6 Å². The van der Waals surface area contributed by atoms with Gasteiger partial charge in [-0.05, 0) is 100 Å². The number of hydrogen-bond donors (Lipinski definition) is 3. The highest BCUT2D eigenvalue weighted by Gasteiger charge is 2.62. The zero-order valence-electron chi connectivity index (χ0n) is 35.8. The number of allylic oxidation sites excluding steroid dienone is 1. The van der Waals surface area contributed by atoms with E-state index in [1.54, 1.807) is 7.11 Å². The Labute approximate surface area is 357 Å². The number of rotatable bonds is 8. The molecule has 326 valence electrons. The fourth-order valence-corrected chi connectivity index (χ4v) is 9.57. The Morgan fingerprint density at radius 1 is 1.03 bits per heavy atom. The second-order valence-electron chi connectivity index (χ2n) is 18.4. The fraction of sp³-hybridized carbons (Fsp3) is 0.511. The third-order valence-electron chi connectivity index (χ3n) is 12.0. The van der Waals surface area contributed by atoms with Gasteiger partial charge in [-0.25, -0.2) is 13.2 Å². The summed E-state index contributed by atoms with van der Waals surface area (Å²) in [5.41, 5.74) is 0.492. The van der Waals surface area contributed by atoms with Gasteiger partial charge in [0.2, 0.25) is 21.8 Å². The molecule has 2 saturated carbocycles. The maximum atomic E-state index is 15.0. The minimum Gasteiger partial charge on any atom is -0.497 e. The molecule has 16 heteroatoms. The van der Waals surface area contributed by atoms with Crippen molar-refractivity contribution in [2.75, 3.05) is 13.7 Å². The van der Waals surface area contributed by atoms with Crippen LogP contribution in [0.25, 0.3) is 28.6 Å². The smallest absolute Gasteiger partial charge is 0.408 e. The average Bonchev–Trinajstić information content (AvgIpc) is 4.10. The first-order valence-electron chi connectivity index (χ1n) is 21.0. The molecule has 3 aromatic rings. The Balaban J connectivity index is 1.30. The van der Waals surface area contributed by atoms with Gasteiger partial charge in [0.05, 0.1) is 18.4 Å². The van der Waals surface area contributed by atoms with E-state index in [0.717, 1.165) is 36.0 Å². The van der Waals surface area contributed by atoms with Crippen LogP contribution >= 0.6 is 0 Å². The lowest BCUT2D eigenvalue weighted by atomic mass is 9.85. The molecule has 2 aromatic carbocycles. The quantitative estimate of drug-likeness (QED) is 0.229. The number of aromatic nitrogens is 3. The highest BCUT2D eigenvalue weighted by atomic mass is 32.2. The van der Waals surface area contributed by atoms with Crippen LogP contribution in [0, 0.1) is 11.3 Å². The van der Waals surface area contributed by atoms with Gasteiger partial charge in [0, 0.05) is 30.0 Å². The second-order valence-corrected chi connectivity index (χ2v) is 20.4. The van der Waals surface area contributed by atoms with Crippen molar-refractivity contribution in [3.63, 3.8) is 0 Å². The molecule has 0 spiro atoms. The normalized spacial score (nSPS) is 26.2. The summed E-state index contributed by atoms with van der Waals surface area (Å²) in [6.07, 6.45) is 9.12. The minimum atomic E-state index is -3.93. The lowest BCUT2D eigenvalue weighted by Gasteiger charge is -2.36. The van der Waals surface area contributed by atoms with Gasteiger partial charge >= 0.3 is 6.09 Å².